The van der Waals surface area contributed by atoms with Gasteiger partial charge in [0.1, 0.15) is 5.75 Å². The van der Waals surface area contributed by atoms with Crippen LogP contribution in [-0.4, -0.2) is 20.2 Å². The molecule has 0 fully saturated rings. The Morgan fingerprint density at radius 2 is 1.55 bits per heavy atom. The molecule has 20 heavy (non-hydrogen) atoms. The number of phenolic OH excluding ortho intramolecular Hbond substituents is 3. The van der Waals surface area contributed by atoms with Crippen LogP contribution in [0.3, 0.4) is 0 Å². The molecule has 0 bridgehead atoms. The van der Waals surface area contributed by atoms with Gasteiger partial charge in [0.2, 0.25) is 0 Å². The molecule has 0 amide bonds. The number of benzene rings is 2. The average molecular weight is 286 g/mol. The Kier molecular flexibility index (Phi) is 4.05. The highest BCUT2D eigenvalue weighted by Crippen LogP contribution is 2.32. The molecular weight excluding hydrogens is 272 g/mol. The third-order valence-corrected chi connectivity index (χ3v) is 3.25. The van der Waals surface area contributed by atoms with Crippen LogP contribution >= 0.6 is 12.2 Å². The largest absolute Gasteiger partial charge is 0.507 e. The smallest absolute Gasteiger partial charge is 0.161 e. The summed E-state index contributed by atoms with van der Waals surface area (Å²) in [6.45, 7) is 2.00. The topological polar surface area (TPSA) is 60.7 Å². The first-order chi connectivity index (χ1) is 9.47. The van der Waals surface area contributed by atoms with Crippen LogP contribution in [0, 0.1) is 6.92 Å². The van der Waals surface area contributed by atoms with Gasteiger partial charge in [0, 0.05) is 16.5 Å². The van der Waals surface area contributed by atoms with Crippen molar-refractivity contribution in [1.82, 2.24) is 0 Å². The maximum atomic E-state index is 9.67. The van der Waals surface area contributed by atoms with Crippen LogP contribution in [-0.2, 0) is 0 Å². The third kappa shape index (κ3) is 3.16. The van der Waals surface area contributed by atoms with E-state index >= 15 is 0 Å². The summed E-state index contributed by atoms with van der Waals surface area (Å²) in [5.41, 5.74) is 2.45. The van der Waals surface area contributed by atoms with E-state index in [0.29, 0.717) is 10.4 Å². The Balaban J connectivity index is 2.23. The SMILES string of the molecule is Cc1ccc(C(=S)C=Cc2cc(O)c(O)cc2O)cc1. The molecule has 3 nitrogen and oxygen atoms in total. The summed E-state index contributed by atoms with van der Waals surface area (Å²) in [6, 6.07) is 10.2. The summed E-state index contributed by atoms with van der Waals surface area (Å²) in [5.74, 6) is -0.771. The monoisotopic (exact) mass is 286 g/mol. The Bertz CT molecular complexity index is 673. The van der Waals surface area contributed by atoms with Gasteiger partial charge in [0.05, 0.1) is 0 Å². The number of allylic oxidation sites excluding steroid dienone is 1. The summed E-state index contributed by atoms with van der Waals surface area (Å²) >= 11 is 5.28. The lowest BCUT2D eigenvalue weighted by molar-refractivity contribution is 0.396. The molecule has 102 valence electrons. The van der Waals surface area contributed by atoms with Crippen LogP contribution in [0.5, 0.6) is 17.2 Å². The van der Waals surface area contributed by atoms with E-state index in [1.165, 1.54) is 6.07 Å². The van der Waals surface area contributed by atoms with Gasteiger partial charge in [-0.3, -0.25) is 0 Å². The second-order valence-corrected chi connectivity index (χ2v) is 4.90. The molecule has 0 saturated heterocycles. The Morgan fingerprint density at radius 3 is 2.20 bits per heavy atom. The lowest BCUT2D eigenvalue weighted by Gasteiger charge is -2.03. The molecule has 0 aliphatic heterocycles. The second-order valence-electron chi connectivity index (χ2n) is 4.46. The second kappa shape index (κ2) is 5.75. The zero-order chi connectivity index (χ0) is 14.7. The van der Waals surface area contributed by atoms with Gasteiger partial charge in [0.15, 0.2) is 11.5 Å². The Morgan fingerprint density at radius 1 is 0.950 bits per heavy atom. The fourth-order valence-corrected chi connectivity index (χ4v) is 1.90. The zero-order valence-corrected chi connectivity index (χ0v) is 11.7. The molecule has 4 heteroatoms. The predicted molar refractivity (Wildman–Crippen MR) is 83.3 cm³/mol. The molecule has 3 N–H and O–H groups in total. The first-order valence-corrected chi connectivity index (χ1v) is 6.42. The van der Waals surface area contributed by atoms with Gasteiger partial charge < -0.3 is 15.3 Å². The summed E-state index contributed by atoms with van der Waals surface area (Å²) in [6.07, 6.45) is 3.27. The number of phenols is 3. The van der Waals surface area contributed by atoms with E-state index in [9.17, 15) is 15.3 Å². The van der Waals surface area contributed by atoms with Crippen molar-refractivity contribution in [2.45, 2.75) is 6.92 Å². The lowest BCUT2D eigenvalue weighted by Crippen LogP contribution is -1.92. The maximum Gasteiger partial charge on any atom is 0.161 e. The molecule has 0 saturated carbocycles. The zero-order valence-electron chi connectivity index (χ0n) is 10.9. The highest BCUT2D eigenvalue weighted by molar-refractivity contribution is 7.81. The molecule has 2 aromatic carbocycles. The van der Waals surface area contributed by atoms with Crippen LogP contribution in [0.2, 0.25) is 0 Å². The van der Waals surface area contributed by atoms with E-state index in [2.05, 4.69) is 0 Å². The minimum atomic E-state index is -0.360. The van der Waals surface area contributed by atoms with Crippen LogP contribution in [0.4, 0.5) is 0 Å². The number of aromatic hydroxyl groups is 3. The van der Waals surface area contributed by atoms with Crippen molar-refractivity contribution in [3.63, 3.8) is 0 Å². The number of thiocarbonyl (C=S) groups is 1. The normalized spacial score (nSPS) is 10.8. The molecule has 0 aromatic heterocycles. The van der Waals surface area contributed by atoms with Gasteiger partial charge in [-0.1, -0.05) is 42.0 Å². The van der Waals surface area contributed by atoms with Crippen LogP contribution < -0.4 is 0 Å². The first kappa shape index (κ1) is 14.1. The molecule has 0 heterocycles. The van der Waals surface area contributed by atoms with Crippen LogP contribution in [0.1, 0.15) is 16.7 Å². The third-order valence-electron chi connectivity index (χ3n) is 2.87. The number of hydrogen-bond acceptors (Lipinski definition) is 4. The number of rotatable bonds is 3. The van der Waals surface area contributed by atoms with Gasteiger partial charge in [0.25, 0.3) is 0 Å². The summed E-state index contributed by atoms with van der Waals surface area (Å²) in [7, 11) is 0. The van der Waals surface area contributed by atoms with E-state index < -0.39 is 0 Å². The van der Waals surface area contributed by atoms with Crippen molar-refractivity contribution in [2.24, 2.45) is 0 Å². The summed E-state index contributed by atoms with van der Waals surface area (Å²) < 4.78 is 0. The van der Waals surface area contributed by atoms with Gasteiger partial charge in [-0.05, 0) is 30.7 Å². The minimum Gasteiger partial charge on any atom is -0.507 e. The van der Waals surface area contributed by atoms with E-state index in [1.54, 1.807) is 12.2 Å². The van der Waals surface area contributed by atoms with Crippen molar-refractivity contribution in [1.29, 1.82) is 0 Å². The van der Waals surface area contributed by atoms with Crippen molar-refractivity contribution in [3.05, 3.63) is 59.2 Å². The molecule has 0 spiro atoms. The van der Waals surface area contributed by atoms with Gasteiger partial charge in [-0.2, -0.15) is 0 Å². The quantitative estimate of drug-likeness (QED) is 0.265. The fraction of sp³-hybridized carbons (Fsp3) is 0.0625. The molecule has 0 radical (unpaired) electrons. The fourth-order valence-electron chi connectivity index (χ4n) is 1.69. The molecule has 2 aromatic rings. The van der Waals surface area contributed by atoms with Gasteiger partial charge >= 0.3 is 0 Å². The first-order valence-electron chi connectivity index (χ1n) is 6.01. The Labute approximate surface area is 122 Å². The Hall–Kier alpha value is -2.33. The van der Waals surface area contributed by atoms with E-state index in [4.69, 9.17) is 12.2 Å². The van der Waals surface area contributed by atoms with Crippen LogP contribution in [0.15, 0.2) is 42.5 Å². The molecule has 0 atom stereocenters. The standard InChI is InChI=1S/C16H14O3S/c1-10-2-4-11(5-3-10)16(20)7-6-12-8-14(18)15(19)9-13(12)17/h2-9,17-19H,1H3. The van der Waals surface area contributed by atoms with E-state index in [0.717, 1.165) is 17.2 Å². The average Bonchev–Trinajstić information content (AvgIpc) is 2.42. The number of aryl methyl sites for hydroxylation is 1. The van der Waals surface area contributed by atoms with E-state index in [1.807, 2.05) is 31.2 Å². The maximum absolute atomic E-state index is 9.67. The van der Waals surface area contributed by atoms with Crippen molar-refractivity contribution < 1.29 is 15.3 Å². The molecule has 2 rings (SSSR count). The number of hydrogen-bond donors (Lipinski definition) is 3. The van der Waals surface area contributed by atoms with Crippen molar-refractivity contribution >= 4 is 23.2 Å². The lowest BCUT2D eigenvalue weighted by atomic mass is 10.1. The minimum absolute atomic E-state index is 0.122. The molecule has 0 aliphatic carbocycles. The van der Waals surface area contributed by atoms with Crippen molar-refractivity contribution in [2.75, 3.05) is 0 Å². The van der Waals surface area contributed by atoms with Gasteiger partial charge in [-0.25, -0.2) is 0 Å². The molecule has 0 unspecified atom stereocenters. The summed E-state index contributed by atoms with van der Waals surface area (Å²) in [4.78, 5) is 0.622. The highest BCUT2D eigenvalue weighted by atomic mass is 32.1. The van der Waals surface area contributed by atoms with Crippen molar-refractivity contribution in [3.8, 4) is 17.2 Å². The molecule has 0 aliphatic rings. The van der Waals surface area contributed by atoms with E-state index in [-0.39, 0.29) is 17.2 Å². The summed E-state index contributed by atoms with van der Waals surface area (Å²) in [5, 5.41) is 28.3. The predicted octanol–water partition coefficient (Wildman–Crippen LogP) is 3.54. The van der Waals surface area contributed by atoms with Crippen LogP contribution in [0.25, 0.3) is 6.08 Å². The molecular formula is C16H14O3S. The highest BCUT2D eigenvalue weighted by Gasteiger charge is 2.05. The van der Waals surface area contributed by atoms with Gasteiger partial charge in [-0.15, -0.1) is 0 Å².